The fourth-order valence-corrected chi connectivity index (χ4v) is 3.65. The molecule has 2 aromatic carbocycles. The van der Waals surface area contributed by atoms with E-state index in [9.17, 15) is 5.11 Å². The molecule has 160 valence electrons. The van der Waals surface area contributed by atoms with Gasteiger partial charge in [-0.15, -0.1) is 24.8 Å². The molecule has 1 aliphatic rings. The second-order valence-corrected chi connectivity index (χ2v) is 7.71. The molecular weight excluding hydrogens is 443 g/mol. The van der Waals surface area contributed by atoms with Crippen LogP contribution in [0.15, 0.2) is 42.5 Å². The third-order valence-electron chi connectivity index (χ3n) is 5.10. The number of aromatic nitrogens is 2. The average molecular weight is 468 g/mol. The molecule has 5 nitrogen and oxygen atoms in total. The predicted molar refractivity (Wildman–Crippen MR) is 130 cm³/mol. The molecule has 1 aromatic heterocycles. The number of phenolic OH excluding ortho intramolecular Hbond substituents is 1. The number of nitrogens with zero attached hydrogens (tertiary/aromatic N) is 2. The van der Waals surface area contributed by atoms with Crippen LogP contribution >= 0.6 is 36.4 Å². The monoisotopic (exact) mass is 466 g/mol. The predicted octanol–water partition coefficient (Wildman–Crippen LogP) is 5.68. The van der Waals surface area contributed by atoms with Gasteiger partial charge in [0.25, 0.3) is 0 Å². The molecule has 0 aliphatic heterocycles. The number of hydrogen-bond donors (Lipinski definition) is 3. The third-order valence-corrected chi connectivity index (χ3v) is 5.36. The van der Waals surface area contributed by atoms with Gasteiger partial charge in [0.2, 0.25) is 0 Å². The van der Waals surface area contributed by atoms with Gasteiger partial charge in [-0.05, 0) is 67.7 Å². The lowest BCUT2D eigenvalue weighted by molar-refractivity contribution is 0.410. The average Bonchev–Trinajstić information content (AvgIpc) is 2.70. The minimum absolute atomic E-state index is 0. The van der Waals surface area contributed by atoms with Crippen LogP contribution in [-0.4, -0.2) is 27.2 Å². The number of rotatable bonds is 4. The van der Waals surface area contributed by atoms with Crippen LogP contribution < -0.4 is 11.1 Å². The highest BCUT2D eigenvalue weighted by Crippen LogP contribution is 2.28. The summed E-state index contributed by atoms with van der Waals surface area (Å²) in [6.07, 6.45) is 7.90. The van der Waals surface area contributed by atoms with Gasteiger partial charge in [0.1, 0.15) is 11.6 Å². The van der Waals surface area contributed by atoms with Crippen molar-refractivity contribution in [1.82, 2.24) is 9.97 Å². The molecule has 4 N–H and O–H groups in total. The van der Waals surface area contributed by atoms with Crippen LogP contribution in [0.5, 0.6) is 5.75 Å². The van der Waals surface area contributed by atoms with E-state index >= 15 is 0 Å². The topological polar surface area (TPSA) is 84.1 Å². The highest BCUT2D eigenvalue weighted by atomic mass is 35.5. The summed E-state index contributed by atoms with van der Waals surface area (Å²) in [7, 11) is 0. The molecule has 0 spiro atoms. The lowest BCUT2D eigenvalue weighted by atomic mass is 9.92. The molecule has 0 saturated heterocycles. The van der Waals surface area contributed by atoms with Gasteiger partial charge in [-0.2, -0.15) is 0 Å². The minimum atomic E-state index is 0. The van der Waals surface area contributed by atoms with Crippen molar-refractivity contribution < 1.29 is 5.11 Å². The first-order valence-electron chi connectivity index (χ1n) is 9.53. The van der Waals surface area contributed by atoms with E-state index in [0.717, 1.165) is 48.0 Å². The fraction of sp³-hybridized carbons (Fsp3) is 0.273. The molecule has 0 unspecified atom stereocenters. The van der Waals surface area contributed by atoms with Gasteiger partial charge in [-0.25, -0.2) is 9.97 Å². The minimum Gasteiger partial charge on any atom is -0.508 e. The molecule has 0 radical (unpaired) electrons. The first kappa shape index (κ1) is 24.2. The molecule has 0 atom stereocenters. The smallest absolute Gasteiger partial charge is 0.154 e. The van der Waals surface area contributed by atoms with Crippen LogP contribution in [0, 0.1) is 0 Å². The normalized spacial score (nSPS) is 18.6. The molecule has 3 aromatic rings. The number of benzene rings is 2. The molecule has 30 heavy (non-hydrogen) atoms. The van der Waals surface area contributed by atoms with E-state index in [1.807, 2.05) is 42.5 Å². The van der Waals surface area contributed by atoms with Gasteiger partial charge in [0.15, 0.2) is 5.82 Å². The molecule has 1 aliphatic carbocycles. The molecule has 1 fully saturated rings. The van der Waals surface area contributed by atoms with Gasteiger partial charge in [-0.1, -0.05) is 29.8 Å². The number of hydrogen-bond acceptors (Lipinski definition) is 5. The van der Waals surface area contributed by atoms with Gasteiger partial charge in [0.05, 0.1) is 5.52 Å². The highest BCUT2D eigenvalue weighted by molar-refractivity contribution is 6.30. The lowest BCUT2D eigenvalue weighted by Crippen LogP contribution is -2.33. The van der Waals surface area contributed by atoms with E-state index in [4.69, 9.17) is 22.3 Å². The van der Waals surface area contributed by atoms with Crippen molar-refractivity contribution in [2.75, 3.05) is 5.32 Å². The summed E-state index contributed by atoms with van der Waals surface area (Å²) in [5.74, 6) is 1.56. The highest BCUT2D eigenvalue weighted by Gasteiger charge is 2.20. The fourth-order valence-electron chi connectivity index (χ4n) is 3.52. The SMILES string of the molecule is Cl.Cl.N[C@H]1CC[C@@H](Nc2nc(C=Cc3ccc(Cl)cc3)nc3ccc(O)cc23)CC1. The number of fused-ring (bicyclic) bond motifs is 1. The summed E-state index contributed by atoms with van der Waals surface area (Å²) in [6.45, 7) is 0. The molecule has 1 saturated carbocycles. The lowest BCUT2D eigenvalue weighted by Gasteiger charge is -2.27. The van der Waals surface area contributed by atoms with E-state index in [1.54, 1.807) is 12.1 Å². The van der Waals surface area contributed by atoms with Gasteiger partial charge in [0, 0.05) is 22.5 Å². The van der Waals surface area contributed by atoms with Gasteiger partial charge >= 0.3 is 0 Å². The zero-order chi connectivity index (χ0) is 19.5. The number of nitrogens with two attached hydrogens (primary N) is 1. The molecule has 0 amide bonds. The largest absolute Gasteiger partial charge is 0.508 e. The number of aromatic hydroxyl groups is 1. The first-order valence-corrected chi connectivity index (χ1v) is 9.91. The summed E-state index contributed by atoms with van der Waals surface area (Å²) < 4.78 is 0. The number of halogens is 3. The summed E-state index contributed by atoms with van der Waals surface area (Å²) in [4.78, 5) is 9.33. The summed E-state index contributed by atoms with van der Waals surface area (Å²) in [6, 6.07) is 13.4. The Morgan fingerprint density at radius 3 is 2.37 bits per heavy atom. The van der Waals surface area contributed by atoms with E-state index < -0.39 is 0 Å². The van der Waals surface area contributed by atoms with E-state index in [1.165, 1.54) is 0 Å². The van der Waals surface area contributed by atoms with Crippen molar-refractivity contribution in [1.29, 1.82) is 0 Å². The zero-order valence-electron chi connectivity index (χ0n) is 16.3. The maximum Gasteiger partial charge on any atom is 0.154 e. The first-order chi connectivity index (χ1) is 13.6. The molecule has 0 bridgehead atoms. The number of nitrogens with one attached hydrogen (secondary N) is 1. The second kappa shape index (κ2) is 10.8. The van der Waals surface area contributed by atoms with Crippen LogP contribution in [0.1, 0.15) is 37.1 Å². The van der Waals surface area contributed by atoms with Crippen molar-refractivity contribution in [3.63, 3.8) is 0 Å². The Labute approximate surface area is 193 Å². The molecular formula is C22H25Cl3N4O. The Hall–Kier alpha value is -2.05. The Morgan fingerprint density at radius 1 is 0.967 bits per heavy atom. The summed E-state index contributed by atoms with van der Waals surface area (Å²) in [5, 5.41) is 15.0. The molecule has 4 rings (SSSR count). The quantitative estimate of drug-likeness (QED) is 0.459. The Balaban J connectivity index is 0.00000160. The summed E-state index contributed by atoms with van der Waals surface area (Å²) in [5.41, 5.74) is 7.84. The Kier molecular flexibility index (Phi) is 8.74. The number of phenols is 1. The van der Waals surface area contributed by atoms with Crippen LogP contribution in [0.25, 0.3) is 23.1 Å². The van der Waals surface area contributed by atoms with Crippen molar-refractivity contribution in [2.45, 2.75) is 37.8 Å². The van der Waals surface area contributed by atoms with Crippen LogP contribution in [0.3, 0.4) is 0 Å². The van der Waals surface area contributed by atoms with Crippen molar-refractivity contribution in [3.05, 3.63) is 58.9 Å². The van der Waals surface area contributed by atoms with E-state index in [2.05, 4.69) is 10.3 Å². The van der Waals surface area contributed by atoms with E-state index in [0.29, 0.717) is 22.9 Å². The maximum absolute atomic E-state index is 9.91. The molecule has 8 heteroatoms. The van der Waals surface area contributed by atoms with Gasteiger partial charge in [-0.3, -0.25) is 0 Å². The Morgan fingerprint density at radius 2 is 1.67 bits per heavy atom. The van der Waals surface area contributed by atoms with E-state index in [-0.39, 0.29) is 30.6 Å². The zero-order valence-corrected chi connectivity index (χ0v) is 18.7. The van der Waals surface area contributed by atoms with Crippen LogP contribution in [-0.2, 0) is 0 Å². The number of anilines is 1. The van der Waals surface area contributed by atoms with Crippen LogP contribution in [0.2, 0.25) is 5.02 Å². The standard InChI is InChI=1S/C22H23ClN4O.2ClH/c23-15-4-1-14(2-5-15)3-12-21-26-20-11-10-18(28)13-19(20)22(27-21)25-17-8-6-16(24)7-9-17;;/h1-5,10-13,16-17,28H,6-9,24H2,(H,25,26,27);2*1H/t16-,17+;;. The summed E-state index contributed by atoms with van der Waals surface area (Å²) >= 11 is 5.94. The third kappa shape index (κ3) is 5.99. The van der Waals surface area contributed by atoms with Gasteiger partial charge < -0.3 is 16.2 Å². The van der Waals surface area contributed by atoms with Crippen molar-refractivity contribution in [3.8, 4) is 5.75 Å². The maximum atomic E-state index is 9.91. The Bertz CT molecular complexity index is 1000. The molecule has 1 heterocycles. The van der Waals surface area contributed by atoms with Crippen molar-refractivity contribution in [2.24, 2.45) is 5.73 Å². The van der Waals surface area contributed by atoms with Crippen molar-refractivity contribution >= 4 is 65.3 Å². The van der Waals surface area contributed by atoms with Crippen LogP contribution in [0.4, 0.5) is 5.82 Å². The second-order valence-electron chi connectivity index (χ2n) is 7.27.